The van der Waals surface area contributed by atoms with Crippen molar-refractivity contribution in [3.8, 4) is 0 Å². The summed E-state index contributed by atoms with van der Waals surface area (Å²) in [6.07, 6.45) is 7.95. The van der Waals surface area contributed by atoms with Crippen LogP contribution in [0, 0.1) is 5.92 Å². The van der Waals surface area contributed by atoms with E-state index in [0.29, 0.717) is 0 Å². The van der Waals surface area contributed by atoms with Crippen LogP contribution in [0.25, 0.3) is 0 Å². The molecule has 2 heterocycles. The Kier molecular flexibility index (Phi) is 6.73. The average Bonchev–Trinajstić information content (AvgIpc) is 2.77. The van der Waals surface area contributed by atoms with Crippen LogP contribution in [0.1, 0.15) is 57.4 Å². The molecule has 1 aliphatic heterocycles. The van der Waals surface area contributed by atoms with Crippen molar-refractivity contribution in [2.24, 2.45) is 5.92 Å². The van der Waals surface area contributed by atoms with E-state index in [-0.39, 0.29) is 0 Å². The first-order valence-electron chi connectivity index (χ1n) is 8.10. The molecule has 0 aliphatic carbocycles. The van der Waals surface area contributed by atoms with Gasteiger partial charge in [-0.05, 0) is 44.7 Å². The van der Waals surface area contributed by atoms with Crippen LogP contribution in [0.4, 0.5) is 5.13 Å². The summed E-state index contributed by atoms with van der Waals surface area (Å²) in [7, 11) is 0. The fraction of sp³-hybridized carbons (Fsp3) is 0.867. The highest BCUT2D eigenvalue weighted by Crippen LogP contribution is 2.24. The fourth-order valence-corrected chi connectivity index (χ4v) is 3.70. The van der Waals surface area contributed by atoms with Crippen LogP contribution >= 0.6 is 11.3 Å². The summed E-state index contributed by atoms with van der Waals surface area (Å²) in [4.78, 5) is 2.56. The minimum Gasteiger partial charge on any atom is -0.360 e. The monoisotopic (exact) mass is 296 g/mol. The molecule has 0 saturated carbocycles. The molecule has 0 aromatic carbocycles. The number of likely N-dealkylation sites (tertiary alicyclic amines) is 1. The number of aromatic nitrogens is 2. The largest absolute Gasteiger partial charge is 0.360 e. The van der Waals surface area contributed by atoms with E-state index in [4.69, 9.17) is 0 Å². The van der Waals surface area contributed by atoms with Gasteiger partial charge < -0.3 is 5.32 Å². The standard InChI is InChI=1S/C15H28N4S/c1-3-6-13-7-5-10-19(11-8-13)12-14-17-18-15(20-14)16-9-4-2/h13H,3-12H2,1-2H3,(H,16,18). The van der Waals surface area contributed by atoms with Crippen LogP contribution in [0.5, 0.6) is 0 Å². The summed E-state index contributed by atoms with van der Waals surface area (Å²) in [6.45, 7) is 8.87. The van der Waals surface area contributed by atoms with Gasteiger partial charge in [0.25, 0.3) is 0 Å². The molecule has 5 heteroatoms. The molecule has 1 atom stereocenters. The van der Waals surface area contributed by atoms with Crippen molar-refractivity contribution >= 4 is 16.5 Å². The summed E-state index contributed by atoms with van der Waals surface area (Å²) >= 11 is 1.71. The second-order valence-electron chi connectivity index (χ2n) is 5.79. The molecule has 1 N–H and O–H groups in total. The number of hydrogen-bond acceptors (Lipinski definition) is 5. The number of anilines is 1. The molecule has 1 aromatic heterocycles. The molecular formula is C15H28N4S. The highest BCUT2D eigenvalue weighted by Gasteiger charge is 2.17. The zero-order valence-corrected chi connectivity index (χ0v) is 13.7. The van der Waals surface area contributed by atoms with E-state index in [1.807, 2.05) is 0 Å². The summed E-state index contributed by atoms with van der Waals surface area (Å²) in [6, 6.07) is 0. The quantitative estimate of drug-likeness (QED) is 0.831. The maximum atomic E-state index is 4.31. The first kappa shape index (κ1) is 15.7. The highest BCUT2D eigenvalue weighted by molar-refractivity contribution is 7.15. The first-order chi connectivity index (χ1) is 9.81. The third-order valence-electron chi connectivity index (χ3n) is 3.99. The Hall–Kier alpha value is -0.680. The Morgan fingerprint density at radius 2 is 2.10 bits per heavy atom. The molecule has 0 amide bonds. The maximum Gasteiger partial charge on any atom is 0.205 e. The molecular weight excluding hydrogens is 268 g/mol. The van der Waals surface area contributed by atoms with Crippen molar-refractivity contribution in [3.63, 3.8) is 0 Å². The van der Waals surface area contributed by atoms with E-state index >= 15 is 0 Å². The summed E-state index contributed by atoms with van der Waals surface area (Å²) in [5, 5.41) is 14.0. The summed E-state index contributed by atoms with van der Waals surface area (Å²) < 4.78 is 0. The fourth-order valence-electron chi connectivity index (χ4n) is 2.89. The third kappa shape index (κ3) is 5.02. The van der Waals surface area contributed by atoms with E-state index in [0.717, 1.165) is 35.6 Å². The van der Waals surface area contributed by atoms with E-state index in [1.165, 1.54) is 45.2 Å². The molecule has 1 aromatic rings. The normalized spacial score (nSPS) is 20.8. The van der Waals surface area contributed by atoms with Gasteiger partial charge in [-0.2, -0.15) is 0 Å². The van der Waals surface area contributed by atoms with Gasteiger partial charge in [0.2, 0.25) is 5.13 Å². The third-order valence-corrected chi connectivity index (χ3v) is 4.85. The Morgan fingerprint density at radius 3 is 2.90 bits per heavy atom. The number of nitrogens with zero attached hydrogens (tertiary/aromatic N) is 3. The number of nitrogens with one attached hydrogen (secondary N) is 1. The van der Waals surface area contributed by atoms with Gasteiger partial charge in [0, 0.05) is 6.54 Å². The van der Waals surface area contributed by atoms with Crippen molar-refractivity contribution in [1.82, 2.24) is 15.1 Å². The van der Waals surface area contributed by atoms with E-state index < -0.39 is 0 Å². The number of hydrogen-bond donors (Lipinski definition) is 1. The predicted octanol–water partition coefficient (Wildman–Crippen LogP) is 3.76. The van der Waals surface area contributed by atoms with Crippen molar-refractivity contribution < 1.29 is 0 Å². The van der Waals surface area contributed by atoms with Crippen LogP contribution in [-0.4, -0.2) is 34.7 Å². The Morgan fingerprint density at radius 1 is 1.20 bits per heavy atom. The number of rotatable bonds is 7. The van der Waals surface area contributed by atoms with Crippen LogP contribution in [0.2, 0.25) is 0 Å². The molecule has 0 bridgehead atoms. The minimum atomic E-state index is 0.946. The van der Waals surface area contributed by atoms with Crippen LogP contribution in [0.15, 0.2) is 0 Å². The Bertz CT molecular complexity index is 380. The molecule has 1 unspecified atom stereocenters. The summed E-state index contributed by atoms with van der Waals surface area (Å²) in [5.74, 6) is 0.946. The van der Waals surface area contributed by atoms with Gasteiger partial charge in [-0.25, -0.2) is 0 Å². The predicted molar refractivity (Wildman–Crippen MR) is 86.2 cm³/mol. The van der Waals surface area contributed by atoms with Gasteiger partial charge in [0.1, 0.15) is 5.01 Å². The zero-order valence-electron chi connectivity index (χ0n) is 12.9. The van der Waals surface area contributed by atoms with Crippen LogP contribution in [-0.2, 0) is 6.54 Å². The summed E-state index contributed by atoms with van der Waals surface area (Å²) in [5.41, 5.74) is 0. The molecule has 1 saturated heterocycles. The average molecular weight is 296 g/mol. The molecule has 0 radical (unpaired) electrons. The Labute approximate surface area is 127 Å². The van der Waals surface area contributed by atoms with Gasteiger partial charge >= 0.3 is 0 Å². The lowest BCUT2D eigenvalue weighted by Gasteiger charge is -2.18. The molecule has 4 nitrogen and oxygen atoms in total. The highest BCUT2D eigenvalue weighted by atomic mass is 32.1. The van der Waals surface area contributed by atoms with Crippen molar-refractivity contribution in [3.05, 3.63) is 5.01 Å². The minimum absolute atomic E-state index is 0.946. The van der Waals surface area contributed by atoms with E-state index in [9.17, 15) is 0 Å². The van der Waals surface area contributed by atoms with Crippen molar-refractivity contribution in [2.75, 3.05) is 25.0 Å². The lowest BCUT2D eigenvalue weighted by molar-refractivity contribution is 0.270. The van der Waals surface area contributed by atoms with Gasteiger partial charge in [0.15, 0.2) is 0 Å². The van der Waals surface area contributed by atoms with Crippen molar-refractivity contribution in [2.45, 2.75) is 58.9 Å². The first-order valence-corrected chi connectivity index (χ1v) is 8.92. The van der Waals surface area contributed by atoms with Crippen molar-refractivity contribution in [1.29, 1.82) is 0 Å². The molecule has 2 rings (SSSR count). The maximum absolute atomic E-state index is 4.31. The second-order valence-corrected chi connectivity index (χ2v) is 6.85. The molecule has 114 valence electrons. The zero-order chi connectivity index (χ0) is 14.2. The smallest absolute Gasteiger partial charge is 0.205 e. The van der Waals surface area contributed by atoms with Gasteiger partial charge in [-0.15, -0.1) is 10.2 Å². The lowest BCUT2D eigenvalue weighted by Crippen LogP contribution is -2.24. The van der Waals surface area contributed by atoms with Gasteiger partial charge in [-0.1, -0.05) is 38.0 Å². The lowest BCUT2D eigenvalue weighted by atomic mass is 9.96. The second kappa shape index (κ2) is 8.57. The molecule has 20 heavy (non-hydrogen) atoms. The molecule has 1 fully saturated rings. The SMILES string of the molecule is CCCNc1nnc(CN2CCCC(CCC)CC2)s1. The van der Waals surface area contributed by atoms with E-state index in [2.05, 4.69) is 34.3 Å². The van der Waals surface area contributed by atoms with Crippen LogP contribution in [0.3, 0.4) is 0 Å². The van der Waals surface area contributed by atoms with Gasteiger partial charge in [0.05, 0.1) is 6.54 Å². The van der Waals surface area contributed by atoms with E-state index in [1.54, 1.807) is 11.3 Å². The molecule has 0 spiro atoms. The topological polar surface area (TPSA) is 41.1 Å². The molecule has 1 aliphatic rings. The van der Waals surface area contributed by atoms with Crippen LogP contribution < -0.4 is 5.32 Å². The Balaban J connectivity index is 1.79. The van der Waals surface area contributed by atoms with Gasteiger partial charge in [-0.3, -0.25) is 4.90 Å².